The van der Waals surface area contributed by atoms with Crippen LogP contribution in [0.4, 0.5) is 10.1 Å². The van der Waals surface area contributed by atoms with E-state index in [1.165, 1.54) is 6.07 Å². The van der Waals surface area contributed by atoms with E-state index in [-0.39, 0.29) is 23.5 Å². The van der Waals surface area contributed by atoms with Gasteiger partial charge in [-0.2, -0.15) is 0 Å². The Bertz CT molecular complexity index is 890. The second-order valence-corrected chi connectivity index (χ2v) is 7.80. The second-order valence-electron chi connectivity index (χ2n) is 7.80. The molecule has 0 aliphatic carbocycles. The Morgan fingerprint density at radius 3 is 2.74 bits per heavy atom. The predicted molar refractivity (Wildman–Crippen MR) is 118 cm³/mol. The van der Waals surface area contributed by atoms with E-state index in [0.717, 1.165) is 25.8 Å². The molecule has 7 heteroatoms. The molecular weight excluding hydrogens is 397 g/mol. The molecular formula is C24H30FN3O3. The van der Waals surface area contributed by atoms with Crippen LogP contribution >= 0.6 is 0 Å². The number of para-hydroxylation sites is 1. The van der Waals surface area contributed by atoms with Gasteiger partial charge in [-0.15, -0.1) is 0 Å². The zero-order chi connectivity index (χ0) is 22.1. The number of halogens is 1. The fraction of sp³-hybridized carbons (Fsp3) is 0.417. The van der Waals surface area contributed by atoms with Gasteiger partial charge in [-0.25, -0.2) is 4.39 Å². The van der Waals surface area contributed by atoms with Crippen molar-refractivity contribution in [2.75, 3.05) is 38.7 Å². The van der Waals surface area contributed by atoms with Gasteiger partial charge < -0.3 is 15.4 Å². The number of piperidine rings is 1. The number of ether oxygens (including phenoxy) is 1. The number of rotatable bonds is 9. The number of hydrogen-bond acceptors (Lipinski definition) is 4. The van der Waals surface area contributed by atoms with Crippen LogP contribution in [-0.2, 0) is 16.1 Å². The van der Waals surface area contributed by atoms with Crippen molar-refractivity contribution < 1.29 is 18.7 Å². The third kappa shape index (κ3) is 6.60. The van der Waals surface area contributed by atoms with Crippen molar-refractivity contribution in [3.63, 3.8) is 0 Å². The maximum Gasteiger partial charge on any atom is 0.253 e. The minimum Gasteiger partial charge on any atom is -0.385 e. The Labute approximate surface area is 182 Å². The van der Waals surface area contributed by atoms with Crippen LogP contribution in [0.5, 0.6) is 0 Å². The van der Waals surface area contributed by atoms with Crippen molar-refractivity contribution in [3.8, 4) is 0 Å². The maximum atomic E-state index is 14.0. The van der Waals surface area contributed by atoms with Gasteiger partial charge in [0.15, 0.2) is 0 Å². The van der Waals surface area contributed by atoms with Crippen molar-refractivity contribution in [1.29, 1.82) is 0 Å². The summed E-state index contributed by atoms with van der Waals surface area (Å²) in [7, 11) is 1.62. The summed E-state index contributed by atoms with van der Waals surface area (Å²) in [6.45, 7) is 2.95. The van der Waals surface area contributed by atoms with Gasteiger partial charge in [-0.1, -0.05) is 30.3 Å². The molecule has 2 aromatic carbocycles. The number of hydrogen-bond donors (Lipinski definition) is 2. The first kappa shape index (κ1) is 22.9. The van der Waals surface area contributed by atoms with E-state index in [9.17, 15) is 14.0 Å². The molecule has 1 heterocycles. The standard InChI is InChI=1S/C24H30FN3O3/c1-31-15-7-13-26-24(30)20-10-3-5-12-22(20)27-23(29)19-9-6-14-28(17-19)16-18-8-2-4-11-21(18)25/h2-5,8,10-12,19H,6-7,9,13-17H2,1H3,(H,26,30)(H,27,29). The van der Waals surface area contributed by atoms with E-state index in [1.807, 2.05) is 6.07 Å². The molecule has 2 amide bonds. The summed E-state index contributed by atoms with van der Waals surface area (Å²) in [5, 5.41) is 5.79. The number of anilines is 1. The van der Waals surface area contributed by atoms with E-state index in [1.54, 1.807) is 43.5 Å². The molecule has 1 atom stereocenters. The monoisotopic (exact) mass is 427 g/mol. The molecule has 3 rings (SSSR count). The lowest BCUT2D eigenvalue weighted by Crippen LogP contribution is -2.40. The van der Waals surface area contributed by atoms with E-state index >= 15 is 0 Å². The van der Waals surface area contributed by atoms with Crippen LogP contribution in [0.15, 0.2) is 48.5 Å². The molecule has 166 valence electrons. The number of nitrogens with one attached hydrogen (secondary N) is 2. The van der Waals surface area contributed by atoms with Crippen molar-refractivity contribution in [2.45, 2.75) is 25.8 Å². The number of benzene rings is 2. The molecule has 0 bridgehead atoms. The van der Waals surface area contributed by atoms with Gasteiger partial charge in [-0.3, -0.25) is 14.5 Å². The van der Waals surface area contributed by atoms with Gasteiger partial charge >= 0.3 is 0 Å². The number of methoxy groups -OCH3 is 1. The van der Waals surface area contributed by atoms with E-state index in [4.69, 9.17) is 4.74 Å². The molecule has 1 aliphatic rings. The molecule has 0 saturated carbocycles. The first-order valence-electron chi connectivity index (χ1n) is 10.7. The fourth-order valence-corrected chi connectivity index (χ4v) is 3.82. The third-order valence-corrected chi connectivity index (χ3v) is 5.47. The van der Waals surface area contributed by atoms with Crippen molar-refractivity contribution in [1.82, 2.24) is 10.2 Å². The lowest BCUT2D eigenvalue weighted by molar-refractivity contribution is -0.121. The Balaban J connectivity index is 1.59. The minimum atomic E-state index is -0.225. The Morgan fingerprint density at radius 1 is 1.16 bits per heavy atom. The smallest absolute Gasteiger partial charge is 0.253 e. The predicted octanol–water partition coefficient (Wildman–Crippen LogP) is 3.44. The van der Waals surface area contributed by atoms with Crippen LogP contribution in [0.25, 0.3) is 0 Å². The Hall–Kier alpha value is -2.77. The van der Waals surface area contributed by atoms with E-state index in [2.05, 4.69) is 15.5 Å². The third-order valence-electron chi connectivity index (χ3n) is 5.47. The summed E-state index contributed by atoms with van der Waals surface area (Å²) < 4.78 is 19.0. The molecule has 1 aliphatic heterocycles. The molecule has 31 heavy (non-hydrogen) atoms. The number of carbonyl (C=O) groups excluding carboxylic acids is 2. The number of amides is 2. The number of likely N-dealkylation sites (tertiary alicyclic amines) is 1. The van der Waals surface area contributed by atoms with E-state index < -0.39 is 0 Å². The highest BCUT2D eigenvalue weighted by atomic mass is 19.1. The SMILES string of the molecule is COCCCNC(=O)c1ccccc1NC(=O)C1CCCN(Cc2ccccc2F)C1. The molecule has 0 spiro atoms. The summed E-state index contributed by atoms with van der Waals surface area (Å²) in [6.07, 6.45) is 2.36. The second kappa shape index (κ2) is 11.6. The number of carbonyl (C=O) groups is 2. The summed E-state index contributed by atoms with van der Waals surface area (Å²) in [5.41, 5.74) is 1.58. The topological polar surface area (TPSA) is 70.7 Å². The van der Waals surface area contributed by atoms with Gasteiger partial charge in [0.05, 0.1) is 17.2 Å². The normalized spacial score (nSPS) is 16.6. The fourth-order valence-electron chi connectivity index (χ4n) is 3.82. The van der Waals surface area contributed by atoms with Crippen molar-refractivity contribution in [3.05, 3.63) is 65.5 Å². The van der Waals surface area contributed by atoms with Gasteiger partial charge in [0, 0.05) is 38.9 Å². The van der Waals surface area contributed by atoms with Crippen LogP contribution in [0.1, 0.15) is 35.2 Å². The summed E-state index contributed by atoms with van der Waals surface area (Å²) in [6, 6.07) is 13.7. The molecule has 1 unspecified atom stereocenters. The van der Waals surface area contributed by atoms with Crippen LogP contribution < -0.4 is 10.6 Å². The molecule has 0 aromatic heterocycles. The first-order chi connectivity index (χ1) is 15.1. The van der Waals surface area contributed by atoms with Crippen LogP contribution in [-0.4, -0.2) is 50.1 Å². The number of nitrogens with zero attached hydrogens (tertiary/aromatic N) is 1. The van der Waals surface area contributed by atoms with Crippen LogP contribution in [0, 0.1) is 11.7 Å². The minimum absolute atomic E-state index is 0.113. The van der Waals surface area contributed by atoms with Crippen molar-refractivity contribution >= 4 is 17.5 Å². The lowest BCUT2D eigenvalue weighted by Gasteiger charge is -2.32. The zero-order valence-corrected chi connectivity index (χ0v) is 17.9. The first-order valence-corrected chi connectivity index (χ1v) is 10.7. The van der Waals surface area contributed by atoms with Gasteiger partial charge in [0.1, 0.15) is 5.82 Å². The molecule has 1 saturated heterocycles. The lowest BCUT2D eigenvalue weighted by atomic mass is 9.96. The van der Waals surface area contributed by atoms with Gasteiger partial charge in [0.2, 0.25) is 5.91 Å². The molecule has 0 radical (unpaired) electrons. The van der Waals surface area contributed by atoms with Gasteiger partial charge in [0.25, 0.3) is 5.91 Å². The molecule has 6 nitrogen and oxygen atoms in total. The highest BCUT2D eigenvalue weighted by molar-refractivity contribution is 6.04. The summed E-state index contributed by atoms with van der Waals surface area (Å²) in [5.74, 6) is -0.771. The van der Waals surface area contributed by atoms with E-state index in [0.29, 0.717) is 43.1 Å². The average Bonchev–Trinajstić information content (AvgIpc) is 2.79. The van der Waals surface area contributed by atoms with Crippen molar-refractivity contribution in [2.24, 2.45) is 5.92 Å². The summed E-state index contributed by atoms with van der Waals surface area (Å²) >= 11 is 0. The Kier molecular flexibility index (Phi) is 8.55. The Morgan fingerprint density at radius 2 is 1.94 bits per heavy atom. The molecule has 2 N–H and O–H groups in total. The highest BCUT2D eigenvalue weighted by Gasteiger charge is 2.27. The summed E-state index contributed by atoms with van der Waals surface area (Å²) in [4.78, 5) is 27.6. The molecule has 2 aromatic rings. The van der Waals surface area contributed by atoms with Crippen LogP contribution in [0.2, 0.25) is 0 Å². The largest absolute Gasteiger partial charge is 0.385 e. The molecule has 1 fully saturated rings. The quantitative estimate of drug-likeness (QED) is 0.602. The average molecular weight is 428 g/mol. The maximum absolute atomic E-state index is 14.0. The highest BCUT2D eigenvalue weighted by Crippen LogP contribution is 2.22. The van der Waals surface area contributed by atoms with Gasteiger partial charge in [-0.05, 0) is 44.0 Å². The zero-order valence-electron chi connectivity index (χ0n) is 17.9. The van der Waals surface area contributed by atoms with Crippen LogP contribution in [0.3, 0.4) is 0 Å².